The molecule has 1 fully saturated rings. The Morgan fingerprint density at radius 2 is 1.72 bits per heavy atom. The van der Waals surface area contributed by atoms with Crippen molar-refractivity contribution in [1.29, 1.82) is 0 Å². The lowest BCUT2D eigenvalue weighted by Crippen LogP contribution is -2.28. The van der Waals surface area contributed by atoms with Gasteiger partial charge in [0, 0.05) is 18.7 Å². The number of carbonyl (C=O) groups is 2. The van der Waals surface area contributed by atoms with Gasteiger partial charge in [-0.05, 0) is 47.4 Å². The maximum absolute atomic E-state index is 12.5. The van der Waals surface area contributed by atoms with Gasteiger partial charge in [-0.25, -0.2) is 0 Å². The molecule has 0 saturated carbocycles. The number of rotatable bonds is 8. The standard InChI is InChI=1S/C26H26N2O3S/c1-31-23-13-7-19(8-14-23)15-16-27-25(30)21-9-11-22(12-10-21)26-28(24(29)18-32-26)17-20-5-3-2-4-6-20/h2-14,26H,15-18H2,1H3,(H,27,30)/t26-/m0/s1. The van der Waals surface area contributed by atoms with Crippen molar-refractivity contribution in [3.8, 4) is 5.75 Å². The van der Waals surface area contributed by atoms with E-state index in [-0.39, 0.29) is 17.2 Å². The van der Waals surface area contributed by atoms with Crippen LogP contribution in [0, 0.1) is 0 Å². The van der Waals surface area contributed by atoms with Gasteiger partial charge in [-0.3, -0.25) is 9.59 Å². The Balaban J connectivity index is 1.34. The van der Waals surface area contributed by atoms with Crippen LogP contribution in [0.15, 0.2) is 78.9 Å². The fraction of sp³-hybridized carbons (Fsp3) is 0.231. The fourth-order valence-electron chi connectivity index (χ4n) is 3.70. The molecule has 1 aliphatic rings. The average molecular weight is 447 g/mol. The Morgan fingerprint density at radius 1 is 1.00 bits per heavy atom. The second-order valence-corrected chi connectivity index (χ2v) is 8.72. The summed E-state index contributed by atoms with van der Waals surface area (Å²) in [6.07, 6.45) is 0.753. The van der Waals surface area contributed by atoms with Gasteiger partial charge in [-0.1, -0.05) is 54.6 Å². The van der Waals surface area contributed by atoms with Crippen molar-refractivity contribution >= 4 is 23.6 Å². The molecule has 5 nitrogen and oxygen atoms in total. The minimum atomic E-state index is -0.0960. The Kier molecular flexibility index (Phi) is 7.12. The van der Waals surface area contributed by atoms with Crippen LogP contribution in [0.4, 0.5) is 0 Å². The summed E-state index contributed by atoms with van der Waals surface area (Å²) in [4.78, 5) is 26.9. The normalized spacial score (nSPS) is 15.6. The second kappa shape index (κ2) is 10.4. The molecule has 0 bridgehead atoms. The quantitative estimate of drug-likeness (QED) is 0.556. The molecule has 0 aromatic heterocycles. The van der Waals surface area contributed by atoms with Gasteiger partial charge in [0.15, 0.2) is 0 Å². The second-order valence-electron chi connectivity index (χ2n) is 7.65. The van der Waals surface area contributed by atoms with Crippen molar-refractivity contribution in [2.75, 3.05) is 19.4 Å². The van der Waals surface area contributed by atoms with Gasteiger partial charge in [0.05, 0.1) is 12.9 Å². The molecular weight excluding hydrogens is 420 g/mol. The minimum Gasteiger partial charge on any atom is -0.497 e. The third-order valence-corrected chi connectivity index (χ3v) is 6.74. The number of benzene rings is 3. The molecule has 1 saturated heterocycles. The van der Waals surface area contributed by atoms with Crippen LogP contribution < -0.4 is 10.1 Å². The predicted octanol–water partition coefficient (Wildman–Crippen LogP) is 4.44. The van der Waals surface area contributed by atoms with Gasteiger partial charge in [0.1, 0.15) is 11.1 Å². The van der Waals surface area contributed by atoms with Crippen molar-refractivity contribution in [3.05, 3.63) is 101 Å². The number of nitrogens with zero attached hydrogens (tertiary/aromatic N) is 1. The molecule has 32 heavy (non-hydrogen) atoms. The van der Waals surface area contributed by atoms with Crippen LogP contribution in [0.5, 0.6) is 5.75 Å². The first-order valence-corrected chi connectivity index (χ1v) is 11.6. The Labute approximate surface area is 192 Å². The molecule has 0 unspecified atom stereocenters. The minimum absolute atomic E-state index is 0.0325. The summed E-state index contributed by atoms with van der Waals surface area (Å²) >= 11 is 1.63. The van der Waals surface area contributed by atoms with Crippen LogP contribution in [0.3, 0.4) is 0 Å². The predicted molar refractivity (Wildman–Crippen MR) is 128 cm³/mol. The van der Waals surface area contributed by atoms with Crippen LogP contribution in [0.1, 0.15) is 32.4 Å². The van der Waals surface area contributed by atoms with Crippen molar-refractivity contribution in [3.63, 3.8) is 0 Å². The van der Waals surface area contributed by atoms with E-state index in [4.69, 9.17) is 4.74 Å². The first-order valence-electron chi connectivity index (χ1n) is 10.6. The van der Waals surface area contributed by atoms with Crippen LogP contribution in [-0.2, 0) is 17.8 Å². The van der Waals surface area contributed by atoms with E-state index in [0.717, 1.165) is 28.9 Å². The van der Waals surface area contributed by atoms with E-state index in [1.807, 2.05) is 83.8 Å². The van der Waals surface area contributed by atoms with Crippen LogP contribution in [-0.4, -0.2) is 36.1 Å². The average Bonchev–Trinajstić information content (AvgIpc) is 3.20. The summed E-state index contributed by atoms with van der Waals surface area (Å²) in [5, 5.41) is 2.94. The number of amides is 2. The number of hydrogen-bond donors (Lipinski definition) is 1. The molecule has 3 aromatic carbocycles. The first-order chi connectivity index (χ1) is 15.6. The van der Waals surface area contributed by atoms with Gasteiger partial charge in [0.2, 0.25) is 5.91 Å². The van der Waals surface area contributed by atoms with Crippen molar-refractivity contribution < 1.29 is 14.3 Å². The molecule has 1 heterocycles. The highest BCUT2D eigenvalue weighted by Gasteiger charge is 2.32. The molecule has 2 amide bonds. The lowest BCUT2D eigenvalue weighted by Gasteiger charge is -2.24. The Bertz CT molecular complexity index is 1050. The largest absolute Gasteiger partial charge is 0.497 e. The van der Waals surface area contributed by atoms with Crippen LogP contribution in [0.25, 0.3) is 0 Å². The number of ether oxygens (including phenoxy) is 1. The maximum atomic E-state index is 12.5. The molecule has 1 atom stereocenters. The van der Waals surface area contributed by atoms with E-state index in [2.05, 4.69) is 5.32 Å². The highest BCUT2D eigenvalue weighted by Crippen LogP contribution is 2.39. The lowest BCUT2D eigenvalue weighted by molar-refractivity contribution is -0.128. The fourth-order valence-corrected chi connectivity index (χ4v) is 4.88. The molecule has 6 heteroatoms. The Hall–Kier alpha value is -3.25. The SMILES string of the molecule is COc1ccc(CCNC(=O)c2ccc([C@@H]3SCC(=O)N3Cc3ccccc3)cc2)cc1. The van der Waals surface area contributed by atoms with Gasteiger partial charge < -0.3 is 15.0 Å². The highest BCUT2D eigenvalue weighted by atomic mass is 32.2. The van der Waals surface area contributed by atoms with E-state index in [0.29, 0.717) is 24.4 Å². The lowest BCUT2D eigenvalue weighted by atomic mass is 10.1. The summed E-state index contributed by atoms with van der Waals surface area (Å²) in [6, 6.07) is 25.4. The van der Waals surface area contributed by atoms with Crippen molar-refractivity contribution in [2.45, 2.75) is 18.3 Å². The van der Waals surface area contributed by atoms with Gasteiger partial charge in [-0.15, -0.1) is 11.8 Å². The zero-order valence-electron chi connectivity index (χ0n) is 18.0. The number of carbonyl (C=O) groups excluding carboxylic acids is 2. The van der Waals surface area contributed by atoms with E-state index in [1.165, 1.54) is 0 Å². The zero-order valence-corrected chi connectivity index (χ0v) is 18.8. The first kappa shape index (κ1) is 22.0. The van der Waals surface area contributed by atoms with E-state index >= 15 is 0 Å². The molecule has 164 valence electrons. The summed E-state index contributed by atoms with van der Waals surface area (Å²) in [7, 11) is 1.64. The molecule has 0 aliphatic carbocycles. The molecular formula is C26H26N2O3S. The van der Waals surface area contributed by atoms with Gasteiger partial charge in [-0.2, -0.15) is 0 Å². The molecule has 3 aromatic rings. The molecule has 1 aliphatic heterocycles. The van der Waals surface area contributed by atoms with E-state index in [9.17, 15) is 9.59 Å². The van der Waals surface area contributed by atoms with E-state index in [1.54, 1.807) is 18.9 Å². The van der Waals surface area contributed by atoms with Crippen LogP contribution in [0.2, 0.25) is 0 Å². The molecule has 0 spiro atoms. The molecule has 0 radical (unpaired) electrons. The van der Waals surface area contributed by atoms with E-state index < -0.39 is 0 Å². The monoisotopic (exact) mass is 446 g/mol. The topological polar surface area (TPSA) is 58.6 Å². The number of thioether (sulfide) groups is 1. The molecule has 4 rings (SSSR count). The van der Waals surface area contributed by atoms with Crippen LogP contribution >= 0.6 is 11.8 Å². The smallest absolute Gasteiger partial charge is 0.251 e. The summed E-state index contributed by atoms with van der Waals surface area (Å²) < 4.78 is 5.17. The summed E-state index contributed by atoms with van der Waals surface area (Å²) in [5.41, 5.74) is 3.91. The molecule has 1 N–H and O–H groups in total. The third-order valence-electron chi connectivity index (χ3n) is 5.48. The summed E-state index contributed by atoms with van der Waals surface area (Å²) in [5.74, 6) is 1.35. The number of nitrogens with one attached hydrogen (secondary N) is 1. The zero-order chi connectivity index (χ0) is 22.3. The number of methoxy groups -OCH3 is 1. The Morgan fingerprint density at radius 3 is 2.41 bits per heavy atom. The highest BCUT2D eigenvalue weighted by molar-refractivity contribution is 8.00. The maximum Gasteiger partial charge on any atom is 0.251 e. The van der Waals surface area contributed by atoms with Crippen molar-refractivity contribution in [1.82, 2.24) is 10.2 Å². The summed E-state index contributed by atoms with van der Waals surface area (Å²) in [6.45, 7) is 1.15. The van der Waals surface area contributed by atoms with Crippen molar-refractivity contribution in [2.24, 2.45) is 0 Å². The third kappa shape index (κ3) is 5.32. The van der Waals surface area contributed by atoms with Gasteiger partial charge in [0.25, 0.3) is 5.91 Å². The number of hydrogen-bond acceptors (Lipinski definition) is 4. The van der Waals surface area contributed by atoms with Gasteiger partial charge >= 0.3 is 0 Å².